The molecule has 21 heavy (non-hydrogen) atoms. The molecule has 1 aliphatic heterocycles. The van der Waals surface area contributed by atoms with E-state index in [9.17, 15) is 9.59 Å². The van der Waals surface area contributed by atoms with Crippen LogP contribution in [0.5, 0.6) is 0 Å². The van der Waals surface area contributed by atoms with E-state index in [1.165, 1.54) is 4.57 Å². The van der Waals surface area contributed by atoms with E-state index in [0.29, 0.717) is 44.0 Å². The second-order valence-corrected chi connectivity index (χ2v) is 4.76. The van der Waals surface area contributed by atoms with Crippen LogP contribution in [0, 0.1) is 0 Å². The van der Waals surface area contributed by atoms with Crippen molar-refractivity contribution < 1.29 is 9.53 Å². The highest BCUT2D eigenvalue weighted by atomic mass is 16.5. The van der Waals surface area contributed by atoms with Gasteiger partial charge in [0.2, 0.25) is 0 Å². The molecule has 2 aromatic heterocycles. The van der Waals surface area contributed by atoms with E-state index in [0.717, 1.165) is 0 Å². The second kappa shape index (κ2) is 5.61. The molecule has 0 radical (unpaired) electrons. The molecule has 3 heterocycles. The molecular formula is C14H16N4O3. The minimum absolute atomic E-state index is 0.0424. The van der Waals surface area contributed by atoms with Crippen molar-refractivity contribution in [2.24, 2.45) is 0 Å². The van der Waals surface area contributed by atoms with Gasteiger partial charge in [-0.25, -0.2) is 9.97 Å². The SMILES string of the molecule is CCn1c(=O)c(C(=O)N2CCOCC2)nc2cccnc21. The zero-order chi connectivity index (χ0) is 14.8. The highest BCUT2D eigenvalue weighted by Gasteiger charge is 2.24. The molecule has 2 aromatic rings. The molecule has 1 fully saturated rings. The van der Waals surface area contributed by atoms with Crippen LogP contribution in [-0.4, -0.2) is 51.6 Å². The molecule has 110 valence electrons. The zero-order valence-electron chi connectivity index (χ0n) is 11.8. The first-order chi connectivity index (χ1) is 10.2. The number of carbonyl (C=O) groups excluding carboxylic acids is 1. The molecule has 7 heteroatoms. The van der Waals surface area contributed by atoms with Crippen LogP contribution in [0.4, 0.5) is 0 Å². The third-order valence-corrected chi connectivity index (χ3v) is 3.52. The fraction of sp³-hybridized carbons (Fsp3) is 0.429. The number of carbonyl (C=O) groups is 1. The summed E-state index contributed by atoms with van der Waals surface area (Å²) in [6, 6.07) is 3.49. The van der Waals surface area contributed by atoms with E-state index >= 15 is 0 Å². The summed E-state index contributed by atoms with van der Waals surface area (Å²) in [6.45, 7) is 4.23. The highest BCUT2D eigenvalue weighted by Crippen LogP contribution is 2.09. The molecule has 1 aliphatic rings. The quantitative estimate of drug-likeness (QED) is 0.793. The Labute approximate surface area is 121 Å². The standard InChI is InChI=1S/C14H16N4O3/c1-2-18-12-10(4-3-5-15-12)16-11(14(18)20)13(19)17-6-8-21-9-7-17/h3-5H,2,6-9H2,1H3. The van der Waals surface area contributed by atoms with Crippen molar-refractivity contribution in [1.82, 2.24) is 19.4 Å². The number of pyridine rings is 1. The van der Waals surface area contributed by atoms with Crippen molar-refractivity contribution >= 4 is 17.1 Å². The van der Waals surface area contributed by atoms with E-state index in [4.69, 9.17) is 4.74 Å². The fourth-order valence-electron chi connectivity index (χ4n) is 2.42. The number of ether oxygens (including phenoxy) is 1. The van der Waals surface area contributed by atoms with Crippen LogP contribution in [0.2, 0.25) is 0 Å². The van der Waals surface area contributed by atoms with Crippen molar-refractivity contribution in [3.8, 4) is 0 Å². The smallest absolute Gasteiger partial charge is 0.283 e. The van der Waals surface area contributed by atoms with Gasteiger partial charge in [0.1, 0.15) is 5.52 Å². The summed E-state index contributed by atoms with van der Waals surface area (Å²) in [5, 5.41) is 0. The maximum atomic E-state index is 12.5. The third kappa shape index (κ3) is 2.40. The van der Waals surface area contributed by atoms with Crippen molar-refractivity contribution in [2.75, 3.05) is 26.3 Å². The number of aromatic nitrogens is 3. The van der Waals surface area contributed by atoms with Crippen molar-refractivity contribution in [1.29, 1.82) is 0 Å². The topological polar surface area (TPSA) is 77.3 Å². The third-order valence-electron chi connectivity index (χ3n) is 3.52. The Bertz CT molecular complexity index is 735. The number of aryl methyl sites for hydroxylation is 1. The van der Waals surface area contributed by atoms with Gasteiger partial charge in [-0.05, 0) is 19.1 Å². The van der Waals surface area contributed by atoms with Crippen LogP contribution < -0.4 is 5.56 Å². The van der Waals surface area contributed by atoms with Gasteiger partial charge < -0.3 is 9.64 Å². The number of fused-ring (bicyclic) bond motifs is 1. The van der Waals surface area contributed by atoms with Crippen molar-refractivity contribution in [3.05, 3.63) is 34.4 Å². The molecule has 0 saturated carbocycles. The number of hydrogen-bond acceptors (Lipinski definition) is 5. The van der Waals surface area contributed by atoms with Crippen LogP contribution in [0.25, 0.3) is 11.2 Å². The van der Waals surface area contributed by atoms with Crippen LogP contribution in [-0.2, 0) is 11.3 Å². The fourth-order valence-corrected chi connectivity index (χ4v) is 2.42. The van der Waals surface area contributed by atoms with Crippen LogP contribution in [0.15, 0.2) is 23.1 Å². The molecule has 3 rings (SSSR count). The van der Waals surface area contributed by atoms with Crippen LogP contribution >= 0.6 is 0 Å². The molecule has 0 bridgehead atoms. The van der Waals surface area contributed by atoms with Gasteiger partial charge in [-0.1, -0.05) is 0 Å². The molecule has 0 N–H and O–H groups in total. The molecule has 0 atom stereocenters. The largest absolute Gasteiger partial charge is 0.378 e. The van der Waals surface area contributed by atoms with E-state index in [1.807, 2.05) is 6.92 Å². The highest BCUT2D eigenvalue weighted by molar-refractivity contribution is 5.93. The van der Waals surface area contributed by atoms with E-state index in [1.54, 1.807) is 23.2 Å². The lowest BCUT2D eigenvalue weighted by atomic mass is 10.3. The number of amides is 1. The summed E-state index contributed by atoms with van der Waals surface area (Å²) in [4.78, 5) is 35.0. The zero-order valence-corrected chi connectivity index (χ0v) is 11.8. The summed E-state index contributed by atoms with van der Waals surface area (Å²) in [6.07, 6.45) is 1.61. The van der Waals surface area contributed by atoms with Crippen LogP contribution in [0.3, 0.4) is 0 Å². The summed E-state index contributed by atoms with van der Waals surface area (Å²) in [5.74, 6) is -0.337. The maximum absolute atomic E-state index is 12.5. The number of morpholine rings is 1. The molecular weight excluding hydrogens is 272 g/mol. The molecule has 1 saturated heterocycles. The molecule has 0 aliphatic carbocycles. The minimum atomic E-state index is -0.389. The first-order valence-electron chi connectivity index (χ1n) is 6.95. The van der Waals surface area contributed by atoms with E-state index < -0.39 is 0 Å². The summed E-state index contributed by atoms with van der Waals surface area (Å²) < 4.78 is 6.71. The predicted octanol–water partition coefficient (Wildman–Crippen LogP) is 0.284. The summed E-state index contributed by atoms with van der Waals surface area (Å²) >= 11 is 0. The Kier molecular flexibility index (Phi) is 3.66. The second-order valence-electron chi connectivity index (χ2n) is 4.76. The van der Waals surface area contributed by atoms with Gasteiger partial charge in [0.25, 0.3) is 11.5 Å². The van der Waals surface area contributed by atoms with E-state index in [2.05, 4.69) is 9.97 Å². The van der Waals surface area contributed by atoms with Gasteiger partial charge >= 0.3 is 0 Å². The van der Waals surface area contributed by atoms with Gasteiger partial charge in [-0.3, -0.25) is 14.2 Å². The van der Waals surface area contributed by atoms with Gasteiger partial charge in [0.15, 0.2) is 11.3 Å². The lowest BCUT2D eigenvalue weighted by molar-refractivity contribution is 0.0297. The summed E-state index contributed by atoms with van der Waals surface area (Å²) in [7, 11) is 0. The number of nitrogens with zero attached hydrogens (tertiary/aromatic N) is 4. The molecule has 0 spiro atoms. The number of hydrogen-bond donors (Lipinski definition) is 0. The Morgan fingerprint density at radius 2 is 2.14 bits per heavy atom. The Morgan fingerprint density at radius 3 is 2.86 bits per heavy atom. The van der Waals surface area contributed by atoms with Gasteiger partial charge in [0, 0.05) is 25.8 Å². The van der Waals surface area contributed by atoms with Gasteiger partial charge in [-0.2, -0.15) is 0 Å². The molecule has 0 unspecified atom stereocenters. The van der Waals surface area contributed by atoms with Crippen LogP contribution in [0.1, 0.15) is 17.4 Å². The molecule has 0 aromatic carbocycles. The first-order valence-corrected chi connectivity index (χ1v) is 6.95. The average molecular weight is 288 g/mol. The van der Waals surface area contributed by atoms with Gasteiger partial charge in [0.05, 0.1) is 13.2 Å². The molecule has 7 nitrogen and oxygen atoms in total. The summed E-state index contributed by atoms with van der Waals surface area (Å²) in [5.41, 5.74) is 0.624. The first kappa shape index (κ1) is 13.7. The predicted molar refractivity (Wildman–Crippen MR) is 76.2 cm³/mol. The van der Waals surface area contributed by atoms with E-state index in [-0.39, 0.29) is 17.2 Å². The number of rotatable bonds is 2. The normalized spacial score (nSPS) is 15.4. The van der Waals surface area contributed by atoms with Crippen molar-refractivity contribution in [3.63, 3.8) is 0 Å². The Balaban J connectivity index is 2.12. The lowest BCUT2D eigenvalue weighted by Crippen LogP contribution is -2.44. The molecule has 1 amide bonds. The minimum Gasteiger partial charge on any atom is -0.378 e. The monoisotopic (exact) mass is 288 g/mol. The van der Waals surface area contributed by atoms with Crippen molar-refractivity contribution in [2.45, 2.75) is 13.5 Å². The maximum Gasteiger partial charge on any atom is 0.283 e. The lowest BCUT2D eigenvalue weighted by Gasteiger charge is -2.26. The Morgan fingerprint density at radius 1 is 1.38 bits per heavy atom. The average Bonchev–Trinajstić information content (AvgIpc) is 2.54. The van der Waals surface area contributed by atoms with Gasteiger partial charge in [-0.15, -0.1) is 0 Å². The Hall–Kier alpha value is -2.28.